The quantitative estimate of drug-likeness (QED) is 0.744. The predicted molar refractivity (Wildman–Crippen MR) is 59.8 cm³/mol. The molecule has 0 aliphatic rings. The number of benzene rings is 1. The monoisotopic (exact) mass is 223 g/mol. The molecule has 1 aromatic carbocycles. The van der Waals surface area contributed by atoms with Gasteiger partial charge in [0, 0.05) is 18.5 Å². The standard InChI is InChI=1S/C11H10ClNO2/c1-7(14)13-4-3-8-5-11(15-2)9(12)6-10(8)13/h3-6H,1-2H3. The van der Waals surface area contributed by atoms with Crippen LogP contribution in [0.3, 0.4) is 0 Å². The van der Waals surface area contributed by atoms with Gasteiger partial charge in [-0.3, -0.25) is 9.36 Å². The molecule has 3 nitrogen and oxygen atoms in total. The van der Waals surface area contributed by atoms with E-state index in [4.69, 9.17) is 16.3 Å². The molecule has 15 heavy (non-hydrogen) atoms. The van der Waals surface area contributed by atoms with Crippen molar-refractivity contribution in [3.63, 3.8) is 0 Å². The molecule has 0 aliphatic heterocycles. The average Bonchev–Trinajstić information content (AvgIpc) is 2.59. The van der Waals surface area contributed by atoms with Crippen LogP contribution in [0, 0.1) is 0 Å². The van der Waals surface area contributed by atoms with Crippen molar-refractivity contribution in [2.45, 2.75) is 6.92 Å². The molecule has 4 heteroatoms. The Morgan fingerprint density at radius 2 is 2.20 bits per heavy atom. The molecule has 1 heterocycles. The number of ether oxygens (including phenoxy) is 1. The highest BCUT2D eigenvalue weighted by Crippen LogP contribution is 2.30. The zero-order valence-corrected chi connectivity index (χ0v) is 9.21. The third-order valence-corrected chi connectivity index (χ3v) is 2.60. The summed E-state index contributed by atoms with van der Waals surface area (Å²) in [5.74, 6) is 0.580. The molecule has 0 amide bonds. The smallest absolute Gasteiger partial charge is 0.227 e. The van der Waals surface area contributed by atoms with E-state index >= 15 is 0 Å². The number of halogens is 1. The lowest BCUT2D eigenvalue weighted by Gasteiger charge is -2.04. The average molecular weight is 224 g/mol. The van der Waals surface area contributed by atoms with Gasteiger partial charge in [0.2, 0.25) is 5.91 Å². The van der Waals surface area contributed by atoms with Crippen molar-refractivity contribution in [1.29, 1.82) is 0 Å². The first-order chi connectivity index (χ1) is 7.13. The number of nitrogens with zero attached hydrogens (tertiary/aromatic N) is 1. The van der Waals surface area contributed by atoms with E-state index in [2.05, 4.69) is 0 Å². The lowest BCUT2D eigenvalue weighted by Crippen LogP contribution is -2.02. The molecule has 2 aromatic rings. The maximum Gasteiger partial charge on any atom is 0.227 e. The van der Waals surface area contributed by atoms with Crippen LogP contribution in [0.1, 0.15) is 11.7 Å². The Kier molecular flexibility index (Phi) is 2.40. The van der Waals surface area contributed by atoms with Gasteiger partial charge in [-0.2, -0.15) is 0 Å². The van der Waals surface area contributed by atoms with E-state index in [-0.39, 0.29) is 5.91 Å². The minimum atomic E-state index is -0.0359. The van der Waals surface area contributed by atoms with Crippen molar-refractivity contribution >= 4 is 28.4 Å². The summed E-state index contributed by atoms with van der Waals surface area (Å²) in [6.07, 6.45) is 1.72. The number of methoxy groups -OCH3 is 1. The molecule has 0 fully saturated rings. The van der Waals surface area contributed by atoms with Crippen molar-refractivity contribution < 1.29 is 9.53 Å². The summed E-state index contributed by atoms with van der Waals surface area (Å²) in [4.78, 5) is 11.3. The maximum absolute atomic E-state index is 11.3. The van der Waals surface area contributed by atoms with Crippen molar-refractivity contribution in [3.8, 4) is 5.75 Å². The lowest BCUT2D eigenvalue weighted by molar-refractivity contribution is 0.0941. The Morgan fingerprint density at radius 1 is 1.47 bits per heavy atom. The number of hydrogen-bond acceptors (Lipinski definition) is 2. The van der Waals surface area contributed by atoms with E-state index in [0.717, 1.165) is 10.9 Å². The normalized spacial score (nSPS) is 10.6. The summed E-state index contributed by atoms with van der Waals surface area (Å²) in [6, 6.07) is 5.41. The van der Waals surface area contributed by atoms with Crippen LogP contribution < -0.4 is 4.74 Å². The third-order valence-electron chi connectivity index (χ3n) is 2.30. The first-order valence-electron chi connectivity index (χ1n) is 4.49. The van der Waals surface area contributed by atoms with Crippen molar-refractivity contribution in [1.82, 2.24) is 4.57 Å². The third kappa shape index (κ3) is 1.59. The zero-order valence-electron chi connectivity index (χ0n) is 8.45. The van der Waals surface area contributed by atoms with Crippen molar-refractivity contribution in [3.05, 3.63) is 29.4 Å². The highest BCUT2D eigenvalue weighted by molar-refractivity contribution is 6.32. The first-order valence-corrected chi connectivity index (χ1v) is 4.87. The van der Waals surface area contributed by atoms with E-state index in [0.29, 0.717) is 10.8 Å². The number of rotatable bonds is 1. The van der Waals surface area contributed by atoms with Crippen LogP contribution in [-0.4, -0.2) is 17.6 Å². The molecule has 0 radical (unpaired) electrons. The fourth-order valence-corrected chi connectivity index (χ4v) is 1.80. The Hall–Kier alpha value is -1.48. The van der Waals surface area contributed by atoms with E-state index in [9.17, 15) is 4.79 Å². The van der Waals surface area contributed by atoms with Gasteiger partial charge in [-0.05, 0) is 18.2 Å². The van der Waals surface area contributed by atoms with Crippen molar-refractivity contribution in [2.75, 3.05) is 7.11 Å². The molecule has 0 N–H and O–H groups in total. The second-order valence-corrected chi connectivity index (χ2v) is 3.66. The molecule has 2 rings (SSSR count). The maximum atomic E-state index is 11.3. The fourth-order valence-electron chi connectivity index (χ4n) is 1.57. The van der Waals surface area contributed by atoms with Gasteiger partial charge < -0.3 is 4.74 Å². The Morgan fingerprint density at radius 3 is 2.80 bits per heavy atom. The predicted octanol–water partition coefficient (Wildman–Crippen LogP) is 2.96. The van der Waals surface area contributed by atoms with Gasteiger partial charge in [0.1, 0.15) is 5.75 Å². The van der Waals surface area contributed by atoms with Crippen LogP contribution in [0.5, 0.6) is 5.75 Å². The second kappa shape index (κ2) is 3.59. The fraction of sp³-hybridized carbons (Fsp3) is 0.182. The molecule has 0 saturated heterocycles. The molecule has 0 saturated carbocycles. The Balaban J connectivity index is 2.73. The highest BCUT2D eigenvalue weighted by Gasteiger charge is 2.08. The Bertz CT molecular complexity index is 531. The first kappa shape index (κ1) is 10.1. The lowest BCUT2D eigenvalue weighted by atomic mass is 10.2. The number of carbonyl (C=O) groups excluding carboxylic acids is 1. The van der Waals surface area contributed by atoms with E-state index in [1.807, 2.05) is 12.1 Å². The molecule has 0 atom stereocenters. The number of aromatic nitrogens is 1. The SMILES string of the molecule is COc1cc2ccn(C(C)=O)c2cc1Cl. The largest absolute Gasteiger partial charge is 0.495 e. The van der Waals surface area contributed by atoms with Crippen molar-refractivity contribution in [2.24, 2.45) is 0 Å². The van der Waals surface area contributed by atoms with Gasteiger partial charge in [-0.1, -0.05) is 11.6 Å². The van der Waals surface area contributed by atoms with Gasteiger partial charge in [0.25, 0.3) is 0 Å². The van der Waals surface area contributed by atoms with Gasteiger partial charge >= 0.3 is 0 Å². The van der Waals surface area contributed by atoms with E-state index in [1.165, 1.54) is 6.92 Å². The summed E-state index contributed by atoms with van der Waals surface area (Å²) in [6.45, 7) is 1.51. The molecule has 0 bridgehead atoms. The van der Waals surface area contributed by atoms with Crippen LogP contribution in [0.2, 0.25) is 5.02 Å². The summed E-state index contributed by atoms with van der Waals surface area (Å²) in [5, 5.41) is 1.44. The Labute approximate surface area is 92.2 Å². The summed E-state index contributed by atoms with van der Waals surface area (Å²) in [7, 11) is 1.56. The van der Waals surface area contributed by atoms with E-state index in [1.54, 1.807) is 23.9 Å². The molecule has 78 valence electrons. The van der Waals surface area contributed by atoms with Gasteiger partial charge in [0.15, 0.2) is 0 Å². The van der Waals surface area contributed by atoms with Crippen LogP contribution >= 0.6 is 11.6 Å². The molecule has 0 aliphatic carbocycles. The highest BCUT2D eigenvalue weighted by atomic mass is 35.5. The van der Waals surface area contributed by atoms with Gasteiger partial charge in [-0.25, -0.2) is 0 Å². The van der Waals surface area contributed by atoms with E-state index < -0.39 is 0 Å². The minimum absolute atomic E-state index is 0.0359. The molecular weight excluding hydrogens is 214 g/mol. The molecule has 1 aromatic heterocycles. The second-order valence-electron chi connectivity index (χ2n) is 3.25. The van der Waals surface area contributed by atoms with Crippen LogP contribution in [-0.2, 0) is 0 Å². The van der Waals surface area contributed by atoms with Gasteiger partial charge in [-0.15, -0.1) is 0 Å². The van der Waals surface area contributed by atoms with Crippen LogP contribution in [0.15, 0.2) is 24.4 Å². The van der Waals surface area contributed by atoms with Crippen LogP contribution in [0.4, 0.5) is 0 Å². The zero-order chi connectivity index (χ0) is 11.0. The number of carbonyl (C=O) groups is 1. The molecule has 0 unspecified atom stereocenters. The topological polar surface area (TPSA) is 31.2 Å². The summed E-state index contributed by atoms with van der Waals surface area (Å²) >= 11 is 5.99. The molecular formula is C11H10ClNO2. The number of fused-ring (bicyclic) bond motifs is 1. The summed E-state index contributed by atoms with van der Waals surface area (Å²) < 4.78 is 6.65. The van der Waals surface area contributed by atoms with Gasteiger partial charge in [0.05, 0.1) is 17.6 Å². The van der Waals surface area contributed by atoms with Crippen LogP contribution in [0.25, 0.3) is 10.9 Å². The molecule has 0 spiro atoms. The number of hydrogen-bond donors (Lipinski definition) is 0. The summed E-state index contributed by atoms with van der Waals surface area (Å²) in [5.41, 5.74) is 0.799. The minimum Gasteiger partial charge on any atom is -0.495 e.